The molecule has 164 valence electrons. The van der Waals surface area contributed by atoms with Crippen molar-refractivity contribution in [2.45, 2.75) is 32.4 Å². The van der Waals surface area contributed by atoms with Crippen molar-refractivity contribution < 1.29 is 9.53 Å². The summed E-state index contributed by atoms with van der Waals surface area (Å²) in [4.78, 5) is 18.6. The topological polar surface area (TPSA) is 78.0 Å². The quantitative estimate of drug-likeness (QED) is 0.295. The van der Waals surface area contributed by atoms with Crippen molar-refractivity contribution in [3.05, 3.63) is 34.9 Å². The number of guanidine groups is 1. The molecule has 0 spiro atoms. The lowest BCUT2D eigenvalue weighted by Crippen LogP contribution is -2.50. The second-order valence-electron chi connectivity index (χ2n) is 7.79. The molecule has 1 fully saturated rings. The van der Waals surface area contributed by atoms with Gasteiger partial charge in [0.2, 0.25) is 5.91 Å². The van der Waals surface area contributed by atoms with Crippen molar-refractivity contribution >= 4 is 47.4 Å². The fourth-order valence-electron chi connectivity index (χ4n) is 3.11. The highest BCUT2D eigenvalue weighted by Gasteiger charge is 2.24. The van der Waals surface area contributed by atoms with Crippen LogP contribution < -0.4 is 16.0 Å². The lowest BCUT2D eigenvalue weighted by atomic mass is 10.0. The smallest absolute Gasteiger partial charge is 0.239 e. The number of nitrogens with one attached hydrogen (secondary N) is 3. The number of halogens is 2. The molecule has 1 aromatic rings. The Kier molecular flexibility index (Phi) is 11.2. The molecule has 3 N–H and O–H groups in total. The average Bonchev–Trinajstić information content (AvgIpc) is 2.65. The van der Waals surface area contributed by atoms with Gasteiger partial charge in [0.15, 0.2) is 5.96 Å². The molecule has 1 amide bonds. The fourth-order valence-corrected chi connectivity index (χ4v) is 3.37. The number of nitrogens with zero attached hydrogens (tertiary/aromatic N) is 2. The summed E-state index contributed by atoms with van der Waals surface area (Å²) in [6.07, 6.45) is 0. The third-order valence-electron chi connectivity index (χ3n) is 4.37. The minimum Gasteiger partial charge on any atom is -0.379 e. The van der Waals surface area contributed by atoms with E-state index >= 15 is 0 Å². The van der Waals surface area contributed by atoms with Gasteiger partial charge >= 0.3 is 0 Å². The van der Waals surface area contributed by atoms with Crippen LogP contribution >= 0.6 is 35.6 Å². The highest BCUT2D eigenvalue weighted by atomic mass is 127. The Morgan fingerprint density at radius 3 is 2.48 bits per heavy atom. The molecule has 0 saturated carbocycles. The maximum atomic E-state index is 12.0. The lowest BCUT2D eigenvalue weighted by Gasteiger charge is -2.35. The summed E-state index contributed by atoms with van der Waals surface area (Å²) in [6, 6.07) is 7.98. The molecule has 7 nitrogen and oxygen atoms in total. The molecule has 1 atom stereocenters. The van der Waals surface area contributed by atoms with Gasteiger partial charge in [0.1, 0.15) is 0 Å². The predicted molar refractivity (Wildman–Crippen MR) is 129 cm³/mol. The second kappa shape index (κ2) is 12.6. The van der Waals surface area contributed by atoms with E-state index in [9.17, 15) is 4.79 Å². The van der Waals surface area contributed by atoms with Crippen molar-refractivity contribution in [2.75, 3.05) is 46.4 Å². The Balaban J connectivity index is 0.00000420. The molecule has 29 heavy (non-hydrogen) atoms. The SMILES string of the molecule is CN=C(NCC(=O)NC(C)(C)C)NCC(c1ccccc1Cl)N1CCOCC1.I. The van der Waals surface area contributed by atoms with E-state index in [0.29, 0.717) is 25.7 Å². The average molecular weight is 538 g/mol. The van der Waals surface area contributed by atoms with E-state index in [-0.39, 0.29) is 48.0 Å². The van der Waals surface area contributed by atoms with Gasteiger partial charge in [0.05, 0.1) is 25.8 Å². The predicted octanol–water partition coefficient (Wildman–Crippen LogP) is 2.41. The van der Waals surface area contributed by atoms with Gasteiger partial charge in [0, 0.05) is 37.2 Å². The van der Waals surface area contributed by atoms with Crippen LogP contribution in [0.5, 0.6) is 0 Å². The van der Waals surface area contributed by atoms with Gasteiger partial charge in [-0.1, -0.05) is 29.8 Å². The summed E-state index contributed by atoms with van der Waals surface area (Å²) >= 11 is 6.47. The lowest BCUT2D eigenvalue weighted by molar-refractivity contribution is -0.121. The highest BCUT2D eigenvalue weighted by molar-refractivity contribution is 14.0. The number of hydrogen-bond donors (Lipinski definition) is 3. The van der Waals surface area contributed by atoms with Crippen LogP contribution in [0.1, 0.15) is 32.4 Å². The van der Waals surface area contributed by atoms with Crippen LogP contribution in [-0.2, 0) is 9.53 Å². The molecule has 1 saturated heterocycles. The zero-order chi connectivity index (χ0) is 20.6. The van der Waals surface area contributed by atoms with E-state index in [0.717, 1.165) is 23.7 Å². The number of benzene rings is 1. The van der Waals surface area contributed by atoms with Gasteiger partial charge in [0.25, 0.3) is 0 Å². The molecular formula is C20H33ClIN5O2. The van der Waals surface area contributed by atoms with Crippen molar-refractivity contribution in [3.8, 4) is 0 Å². The van der Waals surface area contributed by atoms with Crippen molar-refractivity contribution in [1.82, 2.24) is 20.9 Å². The molecular weight excluding hydrogens is 505 g/mol. The van der Waals surface area contributed by atoms with Crippen LogP contribution in [0.3, 0.4) is 0 Å². The third kappa shape index (κ3) is 9.06. The van der Waals surface area contributed by atoms with Crippen LogP contribution in [-0.4, -0.2) is 68.7 Å². The zero-order valence-electron chi connectivity index (χ0n) is 17.6. The molecule has 0 aromatic heterocycles. The maximum Gasteiger partial charge on any atom is 0.239 e. The fraction of sp³-hybridized carbons (Fsp3) is 0.600. The summed E-state index contributed by atoms with van der Waals surface area (Å²) in [6.45, 7) is 9.74. The van der Waals surface area contributed by atoms with E-state index < -0.39 is 0 Å². The number of hydrogen-bond acceptors (Lipinski definition) is 4. The first-order valence-corrected chi connectivity index (χ1v) is 9.99. The standard InChI is InChI=1S/C20H32ClN5O2.HI/c1-20(2,3)25-18(27)14-24-19(22-4)23-13-17(26-9-11-28-12-10-26)15-7-5-6-8-16(15)21;/h5-8,17H,9-14H2,1-4H3,(H,25,27)(H2,22,23,24);1H. The molecule has 1 heterocycles. The number of carbonyl (C=O) groups excluding carboxylic acids is 1. The number of ether oxygens (including phenoxy) is 1. The molecule has 0 bridgehead atoms. The summed E-state index contributed by atoms with van der Waals surface area (Å²) in [5, 5.41) is 10.1. The van der Waals surface area contributed by atoms with E-state index in [4.69, 9.17) is 16.3 Å². The number of aliphatic imine (C=N–C) groups is 1. The van der Waals surface area contributed by atoms with Gasteiger partial charge < -0.3 is 20.7 Å². The zero-order valence-corrected chi connectivity index (χ0v) is 20.7. The number of carbonyl (C=O) groups is 1. The first-order valence-electron chi connectivity index (χ1n) is 9.62. The first kappa shape index (κ1) is 25.9. The minimum atomic E-state index is -0.263. The van der Waals surface area contributed by atoms with Gasteiger partial charge in [-0.15, -0.1) is 24.0 Å². The Hall–Kier alpha value is -1.10. The largest absolute Gasteiger partial charge is 0.379 e. The van der Waals surface area contributed by atoms with Gasteiger partial charge in [-0.25, -0.2) is 0 Å². The second-order valence-corrected chi connectivity index (χ2v) is 8.20. The van der Waals surface area contributed by atoms with Crippen molar-refractivity contribution in [2.24, 2.45) is 4.99 Å². The molecule has 1 unspecified atom stereocenters. The number of morpholine rings is 1. The summed E-state index contributed by atoms with van der Waals surface area (Å²) in [5.41, 5.74) is 0.806. The summed E-state index contributed by atoms with van der Waals surface area (Å²) in [5.74, 6) is 0.501. The molecule has 9 heteroatoms. The van der Waals surface area contributed by atoms with Crippen LogP contribution in [0.2, 0.25) is 5.02 Å². The normalized spacial score (nSPS) is 16.5. The van der Waals surface area contributed by atoms with Gasteiger partial charge in [-0.05, 0) is 32.4 Å². The Morgan fingerprint density at radius 2 is 1.90 bits per heavy atom. The van der Waals surface area contributed by atoms with E-state index in [1.54, 1.807) is 7.05 Å². The van der Waals surface area contributed by atoms with Crippen LogP contribution in [0.4, 0.5) is 0 Å². The van der Waals surface area contributed by atoms with Gasteiger partial charge in [-0.2, -0.15) is 0 Å². The molecule has 1 aliphatic heterocycles. The van der Waals surface area contributed by atoms with Crippen molar-refractivity contribution in [1.29, 1.82) is 0 Å². The molecule has 1 aliphatic rings. The third-order valence-corrected chi connectivity index (χ3v) is 4.71. The first-order chi connectivity index (χ1) is 13.3. The molecule has 2 rings (SSSR count). The van der Waals surface area contributed by atoms with Crippen LogP contribution in [0.25, 0.3) is 0 Å². The van der Waals surface area contributed by atoms with Crippen molar-refractivity contribution in [3.63, 3.8) is 0 Å². The molecule has 1 aromatic carbocycles. The van der Waals surface area contributed by atoms with E-state index in [1.807, 2.05) is 39.0 Å². The molecule has 0 aliphatic carbocycles. The van der Waals surface area contributed by atoms with E-state index in [1.165, 1.54) is 0 Å². The summed E-state index contributed by atoms with van der Waals surface area (Å²) < 4.78 is 5.49. The minimum absolute atomic E-state index is 0. The maximum absolute atomic E-state index is 12.0. The Bertz CT molecular complexity index is 675. The summed E-state index contributed by atoms with van der Waals surface area (Å²) in [7, 11) is 1.69. The Labute approximate surface area is 196 Å². The monoisotopic (exact) mass is 537 g/mol. The number of rotatable bonds is 6. The van der Waals surface area contributed by atoms with E-state index in [2.05, 4.69) is 31.9 Å². The van der Waals surface area contributed by atoms with Crippen LogP contribution in [0.15, 0.2) is 29.3 Å². The molecule has 0 radical (unpaired) electrons. The Morgan fingerprint density at radius 1 is 1.24 bits per heavy atom. The number of amides is 1. The van der Waals surface area contributed by atoms with Gasteiger partial charge in [-0.3, -0.25) is 14.7 Å². The van der Waals surface area contributed by atoms with Crippen LogP contribution in [0, 0.1) is 0 Å². The highest BCUT2D eigenvalue weighted by Crippen LogP contribution is 2.27.